The molecule has 0 amide bonds. The van der Waals surface area contributed by atoms with Crippen molar-refractivity contribution in [3.63, 3.8) is 0 Å². The van der Waals surface area contributed by atoms with Gasteiger partial charge >= 0.3 is 5.97 Å². The zero-order chi connectivity index (χ0) is 11.3. The van der Waals surface area contributed by atoms with Crippen LogP contribution in [0, 0.1) is 0 Å². The van der Waals surface area contributed by atoms with Crippen LogP contribution in [-0.2, 0) is 9.53 Å². The summed E-state index contributed by atoms with van der Waals surface area (Å²) in [7, 11) is 1.70. The minimum atomic E-state index is -0.732. The zero-order valence-corrected chi connectivity index (χ0v) is 9.53. The molecule has 4 nitrogen and oxygen atoms in total. The van der Waals surface area contributed by atoms with E-state index in [4.69, 9.17) is 9.84 Å². The molecule has 1 unspecified atom stereocenters. The highest BCUT2D eigenvalue weighted by atomic mass is 16.5. The van der Waals surface area contributed by atoms with Gasteiger partial charge in [-0.25, -0.2) is 0 Å². The van der Waals surface area contributed by atoms with E-state index in [-0.39, 0.29) is 6.04 Å². The van der Waals surface area contributed by atoms with Gasteiger partial charge < -0.3 is 15.2 Å². The lowest BCUT2D eigenvalue weighted by atomic mass is 9.88. The lowest BCUT2D eigenvalue weighted by Crippen LogP contribution is -2.51. The third kappa shape index (κ3) is 3.80. The molecule has 4 heteroatoms. The van der Waals surface area contributed by atoms with Gasteiger partial charge in [-0.05, 0) is 19.3 Å². The largest absolute Gasteiger partial charge is 0.480 e. The maximum Gasteiger partial charge on any atom is 0.320 e. The highest BCUT2D eigenvalue weighted by Gasteiger charge is 2.32. The van der Waals surface area contributed by atoms with Crippen molar-refractivity contribution in [2.24, 2.45) is 0 Å². The number of ether oxygens (including phenoxy) is 1. The summed E-state index contributed by atoms with van der Waals surface area (Å²) in [5.74, 6) is -0.732. The van der Waals surface area contributed by atoms with Crippen molar-refractivity contribution in [3.05, 3.63) is 0 Å². The molecule has 0 bridgehead atoms. The molecule has 0 aromatic carbocycles. The number of methoxy groups -OCH3 is 1. The highest BCUT2D eigenvalue weighted by molar-refractivity contribution is 5.73. The second-order valence-corrected chi connectivity index (χ2v) is 4.23. The third-order valence-electron chi connectivity index (χ3n) is 3.01. The number of hydrogen-bond donors (Lipinski definition) is 2. The number of aliphatic carboxylic acids is 1. The molecular formula is C11H21NO3. The molecule has 1 fully saturated rings. The van der Waals surface area contributed by atoms with Crippen LogP contribution in [0.3, 0.4) is 0 Å². The van der Waals surface area contributed by atoms with Crippen LogP contribution in [0.25, 0.3) is 0 Å². The van der Waals surface area contributed by atoms with E-state index in [0.29, 0.717) is 12.1 Å². The Hall–Kier alpha value is -0.610. The second-order valence-electron chi connectivity index (χ2n) is 4.23. The first-order valence-corrected chi connectivity index (χ1v) is 5.69. The summed E-state index contributed by atoms with van der Waals surface area (Å²) in [5, 5.41) is 12.2. The average Bonchev–Trinajstić information content (AvgIpc) is 2.14. The summed E-state index contributed by atoms with van der Waals surface area (Å²) >= 11 is 0. The molecule has 1 rings (SSSR count). The molecule has 0 heterocycles. The van der Waals surface area contributed by atoms with E-state index >= 15 is 0 Å². The van der Waals surface area contributed by atoms with Gasteiger partial charge in [-0.15, -0.1) is 0 Å². The number of carbonyl (C=O) groups is 1. The van der Waals surface area contributed by atoms with Gasteiger partial charge in [0.2, 0.25) is 0 Å². The van der Waals surface area contributed by atoms with Crippen molar-refractivity contribution in [1.29, 1.82) is 0 Å². The van der Waals surface area contributed by atoms with Crippen LogP contribution in [0.1, 0.15) is 39.0 Å². The lowest BCUT2D eigenvalue weighted by Gasteiger charge is -2.36. The minimum absolute atomic E-state index is 0.322. The third-order valence-corrected chi connectivity index (χ3v) is 3.01. The van der Waals surface area contributed by atoms with E-state index in [9.17, 15) is 4.79 Å². The lowest BCUT2D eigenvalue weighted by molar-refractivity contribution is -0.140. The number of rotatable bonds is 7. The van der Waals surface area contributed by atoms with Crippen molar-refractivity contribution in [1.82, 2.24) is 5.32 Å². The molecule has 0 radical (unpaired) electrons. The van der Waals surface area contributed by atoms with Gasteiger partial charge in [0, 0.05) is 13.2 Å². The maximum atomic E-state index is 10.9. The summed E-state index contributed by atoms with van der Waals surface area (Å²) in [5.41, 5.74) is 0. The van der Waals surface area contributed by atoms with E-state index in [1.807, 2.05) is 0 Å². The van der Waals surface area contributed by atoms with E-state index in [1.165, 1.54) is 0 Å². The molecule has 0 aromatic heterocycles. The minimum Gasteiger partial charge on any atom is -0.480 e. The van der Waals surface area contributed by atoms with E-state index in [1.54, 1.807) is 7.11 Å². The predicted octanol–water partition coefficient (Wildman–Crippen LogP) is 1.40. The predicted molar refractivity (Wildman–Crippen MR) is 57.9 cm³/mol. The molecule has 15 heavy (non-hydrogen) atoms. The number of hydrogen-bond acceptors (Lipinski definition) is 3. The molecular weight excluding hydrogens is 194 g/mol. The Morgan fingerprint density at radius 3 is 2.73 bits per heavy atom. The van der Waals surface area contributed by atoms with E-state index in [2.05, 4.69) is 12.2 Å². The fraction of sp³-hybridized carbons (Fsp3) is 0.909. The van der Waals surface area contributed by atoms with Gasteiger partial charge in [-0.2, -0.15) is 0 Å². The highest BCUT2D eigenvalue weighted by Crippen LogP contribution is 2.23. The number of unbranched alkanes of at least 4 members (excludes halogenated alkanes) is 1. The first-order chi connectivity index (χ1) is 7.17. The number of carboxylic acid groups (broad SMARTS) is 1. The van der Waals surface area contributed by atoms with Crippen LogP contribution in [0.2, 0.25) is 0 Å². The normalized spacial score (nSPS) is 27.1. The monoisotopic (exact) mass is 215 g/mol. The van der Waals surface area contributed by atoms with Crippen molar-refractivity contribution >= 4 is 5.97 Å². The molecule has 0 aromatic rings. The molecule has 0 saturated heterocycles. The Kier molecular flexibility index (Phi) is 5.05. The van der Waals surface area contributed by atoms with Crippen molar-refractivity contribution < 1.29 is 14.6 Å². The summed E-state index contributed by atoms with van der Waals surface area (Å²) in [6.07, 6.45) is 4.92. The molecule has 0 aliphatic heterocycles. The zero-order valence-electron chi connectivity index (χ0n) is 9.53. The number of nitrogens with one attached hydrogen (secondary N) is 1. The molecule has 2 N–H and O–H groups in total. The summed E-state index contributed by atoms with van der Waals surface area (Å²) < 4.78 is 5.15. The molecule has 1 saturated carbocycles. The van der Waals surface area contributed by atoms with Gasteiger partial charge in [-0.3, -0.25) is 4.79 Å². The van der Waals surface area contributed by atoms with Crippen molar-refractivity contribution in [3.8, 4) is 0 Å². The standard InChI is InChI=1S/C11H21NO3/c1-3-4-5-10(11(13)14)12-8-6-9(7-8)15-2/h8-10,12H,3-7H2,1-2H3,(H,13,14). The first kappa shape index (κ1) is 12.5. The molecule has 1 aliphatic carbocycles. The summed E-state index contributed by atoms with van der Waals surface area (Å²) in [4.78, 5) is 10.9. The number of carboxylic acids is 1. The smallest absolute Gasteiger partial charge is 0.320 e. The Morgan fingerprint density at radius 2 is 2.27 bits per heavy atom. The van der Waals surface area contributed by atoms with Crippen LogP contribution >= 0.6 is 0 Å². The summed E-state index contributed by atoms with van der Waals surface area (Å²) in [6.45, 7) is 2.07. The molecule has 1 aliphatic rings. The van der Waals surface area contributed by atoms with Crippen molar-refractivity contribution in [2.45, 2.75) is 57.2 Å². The summed E-state index contributed by atoms with van der Waals surface area (Å²) in [6, 6.07) is -0.0549. The first-order valence-electron chi connectivity index (χ1n) is 5.69. The second kappa shape index (κ2) is 6.08. The van der Waals surface area contributed by atoms with E-state index in [0.717, 1.165) is 32.1 Å². The van der Waals surface area contributed by atoms with Gasteiger partial charge in [0.15, 0.2) is 0 Å². The van der Waals surface area contributed by atoms with Crippen LogP contribution in [0.4, 0.5) is 0 Å². The van der Waals surface area contributed by atoms with Gasteiger partial charge in [0.25, 0.3) is 0 Å². The Labute approximate surface area is 91.0 Å². The van der Waals surface area contributed by atoms with Crippen LogP contribution < -0.4 is 5.32 Å². The van der Waals surface area contributed by atoms with Gasteiger partial charge in [0.1, 0.15) is 6.04 Å². The van der Waals surface area contributed by atoms with Crippen LogP contribution in [0.15, 0.2) is 0 Å². The molecule has 88 valence electrons. The van der Waals surface area contributed by atoms with E-state index < -0.39 is 5.97 Å². The Bertz CT molecular complexity index is 202. The fourth-order valence-corrected chi connectivity index (χ4v) is 1.87. The quantitative estimate of drug-likeness (QED) is 0.674. The maximum absolute atomic E-state index is 10.9. The van der Waals surface area contributed by atoms with Crippen LogP contribution in [0.5, 0.6) is 0 Å². The molecule has 0 spiro atoms. The van der Waals surface area contributed by atoms with Gasteiger partial charge in [0.05, 0.1) is 6.10 Å². The Balaban J connectivity index is 2.23. The molecule has 1 atom stereocenters. The van der Waals surface area contributed by atoms with Crippen LogP contribution in [-0.4, -0.2) is 36.4 Å². The van der Waals surface area contributed by atoms with Gasteiger partial charge in [-0.1, -0.05) is 19.8 Å². The average molecular weight is 215 g/mol. The Morgan fingerprint density at radius 1 is 1.60 bits per heavy atom. The fourth-order valence-electron chi connectivity index (χ4n) is 1.87. The van der Waals surface area contributed by atoms with Crippen molar-refractivity contribution in [2.75, 3.05) is 7.11 Å². The topological polar surface area (TPSA) is 58.6 Å². The SMILES string of the molecule is CCCCC(NC1CC(OC)C1)C(=O)O.